The number of thiazole rings is 1. The predicted octanol–water partition coefficient (Wildman–Crippen LogP) is 2.99. The fraction of sp³-hybridized carbons (Fsp3) is 0.812. The van der Waals surface area contributed by atoms with E-state index in [0.29, 0.717) is 12.0 Å². The molecule has 118 valence electrons. The third kappa shape index (κ3) is 3.41. The zero-order valence-corrected chi connectivity index (χ0v) is 14.0. The second-order valence-electron chi connectivity index (χ2n) is 6.22. The van der Waals surface area contributed by atoms with E-state index >= 15 is 0 Å². The molecule has 2 atom stereocenters. The van der Waals surface area contributed by atoms with Crippen LogP contribution in [0.4, 0.5) is 5.13 Å². The van der Waals surface area contributed by atoms with Gasteiger partial charge >= 0.3 is 0 Å². The van der Waals surface area contributed by atoms with Crippen molar-refractivity contribution in [3.05, 3.63) is 10.6 Å². The molecule has 1 N–H and O–H groups in total. The number of rotatable bonds is 5. The van der Waals surface area contributed by atoms with Gasteiger partial charge < -0.3 is 15.0 Å². The number of nitrogens with zero attached hydrogens (tertiary/aromatic N) is 2. The molecule has 21 heavy (non-hydrogen) atoms. The number of anilines is 1. The third-order valence-corrected chi connectivity index (χ3v) is 5.78. The van der Waals surface area contributed by atoms with E-state index in [4.69, 9.17) is 9.72 Å². The maximum Gasteiger partial charge on any atom is 0.185 e. The standard InChI is InChI=1S/C16H27N3OS/c1-3-17-13-7-4-8-14-15(13)18-16(21-14)19-9-5-6-12(10-19)11-20-2/h12-13,17H,3-11H2,1-2H3. The molecule has 1 saturated heterocycles. The zero-order valence-electron chi connectivity index (χ0n) is 13.2. The first-order valence-corrected chi connectivity index (χ1v) is 9.10. The molecule has 1 aliphatic heterocycles. The molecule has 1 aromatic rings. The molecule has 4 nitrogen and oxygen atoms in total. The molecular weight excluding hydrogens is 282 g/mol. The molecule has 1 fully saturated rings. The van der Waals surface area contributed by atoms with Crippen molar-refractivity contribution in [2.24, 2.45) is 5.92 Å². The van der Waals surface area contributed by atoms with E-state index in [1.165, 1.54) is 47.8 Å². The van der Waals surface area contributed by atoms with Crippen molar-refractivity contribution >= 4 is 16.5 Å². The van der Waals surface area contributed by atoms with E-state index in [0.717, 1.165) is 26.2 Å². The van der Waals surface area contributed by atoms with Crippen molar-refractivity contribution < 1.29 is 4.74 Å². The minimum atomic E-state index is 0.475. The van der Waals surface area contributed by atoms with Crippen LogP contribution in [-0.4, -0.2) is 38.3 Å². The maximum atomic E-state index is 5.34. The number of hydrogen-bond donors (Lipinski definition) is 1. The van der Waals surface area contributed by atoms with Crippen LogP contribution in [0, 0.1) is 5.92 Å². The summed E-state index contributed by atoms with van der Waals surface area (Å²) in [6.07, 6.45) is 6.28. The topological polar surface area (TPSA) is 37.4 Å². The largest absolute Gasteiger partial charge is 0.384 e. The predicted molar refractivity (Wildman–Crippen MR) is 88.3 cm³/mol. The molecule has 3 rings (SSSR count). The van der Waals surface area contributed by atoms with Crippen molar-refractivity contribution in [3.63, 3.8) is 0 Å². The Labute approximate surface area is 131 Å². The van der Waals surface area contributed by atoms with E-state index in [9.17, 15) is 0 Å². The van der Waals surface area contributed by atoms with Crippen LogP contribution in [-0.2, 0) is 11.2 Å². The first-order chi connectivity index (χ1) is 10.3. The Morgan fingerprint density at radius 1 is 1.38 bits per heavy atom. The van der Waals surface area contributed by atoms with E-state index in [1.807, 2.05) is 18.4 Å². The average Bonchev–Trinajstić information content (AvgIpc) is 2.93. The molecule has 1 aliphatic carbocycles. The van der Waals surface area contributed by atoms with Crippen LogP contribution in [0.15, 0.2) is 0 Å². The smallest absolute Gasteiger partial charge is 0.185 e. The lowest BCUT2D eigenvalue weighted by Crippen LogP contribution is -2.37. The summed E-state index contributed by atoms with van der Waals surface area (Å²) in [7, 11) is 1.81. The molecule has 0 spiro atoms. The van der Waals surface area contributed by atoms with Crippen molar-refractivity contribution in [2.45, 2.75) is 45.1 Å². The number of aromatic nitrogens is 1. The number of hydrogen-bond acceptors (Lipinski definition) is 5. The minimum absolute atomic E-state index is 0.475. The molecule has 0 radical (unpaired) electrons. The van der Waals surface area contributed by atoms with Gasteiger partial charge in [-0.1, -0.05) is 6.92 Å². The van der Waals surface area contributed by atoms with Gasteiger partial charge in [0.25, 0.3) is 0 Å². The lowest BCUT2D eigenvalue weighted by Gasteiger charge is -2.32. The van der Waals surface area contributed by atoms with Gasteiger partial charge in [-0.25, -0.2) is 4.98 Å². The molecular formula is C16H27N3OS. The summed E-state index contributed by atoms with van der Waals surface area (Å²) in [4.78, 5) is 9.01. The number of ether oxygens (including phenoxy) is 1. The zero-order chi connectivity index (χ0) is 14.7. The second-order valence-corrected chi connectivity index (χ2v) is 7.28. The van der Waals surface area contributed by atoms with E-state index in [-0.39, 0.29) is 0 Å². The van der Waals surface area contributed by atoms with Crippen LogP contribution in [0.2, 0.25) is 0 Å². The highest BCUT2D eigenvalue weighted by Crippen LogP contribution is 2.37. The fourth-order valence-corrected chi connectivity index (χ4v) is 4.79. The molecule has 2 heterocycles. The summed E-state index contributed by atoms with van der Waals surface area (Å²) in [5, 5.41) is 4.83. The SMILES string of the molecule is CCNC1CCCc2sc(N3CCCC(COC)C3)nc21. The van der Waals surface area contributed by atoms with Crippen molar-refractivity contribution in [1.82, 2.24) is 10.3 Å². The first-order valence-electron chi connectivity index (χ1n) is 8.28. The van der Waals surface area contributed by atoms with E-state index in [1.54, 1.807) is 0 Å². The molecule has 0 aromatic carbocycles. The van der Waals surface area contributed by atoms with Gasteiger partial charge in [0.05, 0.1) is 18.3 Å². The maximum absolute atomic E-state index is 5.34. The molecule has 2 aliphatic rings. The molecule has 5 heteroatoms. The van der Waals surface area contributed by atoms with Crippen LogP contribution in [0.1, 0.15) is 49.2 Å². The highest BCUT2D eigenvalue weighted by atomic mass is 32.1. The Morgan fingerprint density at radius 2 is 2.29 bits per heavy atom. The Balaban J connectivity index is 1.74. The summed E-state index contributed by atoms with van der Waals surface area (Å²) < 4.78 is 5.34. The number of methoxy groups -OCH3 is 1. The minimum Gasteiger partial charge on any atom is -0.384 e. The van der Waals surface area contributed by atoms with Crippen LogP contribution in [0.25, 0.3) is 0 Å². The lowest BCUT2D eigenvalue weighted by atomic mass is 9.97. The van der Waals surface area contributed by atoms with Gasteiger partial charge in [0, 0.05) is 25.1 Å². The van der Waals surface area contributed by atoms with Crippen molar-refractivity contribution in [3.8, 4) is 0 Å². The Bertz CT molecular complexity index is 460. The lowest BCUT2D eigenvalue weighted by molar-refractivity contribution is 0.143. The van der Waals surface area contributed by atoms with Gasteiger partial charge in [0.2, 0.25) is 0 Å². The van der Waals surface area contributed by atoms with Gasteiger partial charge in [0.1, 0.15) is 0 Å². The summed E-state index contributed by atoms with van der Waals surface area (Å²) in [6.45, 7) is 6.34. The van der Waals surface area contributed by atoms with Crippen LogP contribution >= 0.6 is 11.3 Å². The molecule has 0 amide bonds. The van der Waals surface area contributed by atoms with Gasteiger partial charge in [-0.05, 0) is 44.6 Å². The van der Waals surface area contributed by atoms with Crippen LogP contribution in [0.3, 0.4) is 0 Å². The Hall–Kier alpha value is -0.650. The van der Waals surface area contributed by atoms with Gasteiger partial charge in [-0.15, -0.1) is 11.3 Å². The molecule has 0 saturated carbocycles. The van der Waals surface area contributed by atoms with E-state index in [2.05, 4.69) is 17.1 Å². The molecule has 1 aromatic heterocycles. The number of aryl methyl sites for hydroxylation is 1. The monoisotopic (exact) mass is 309 g/mol. The van der Waals surface area contributed by atoms with E-state index < -0.39 is 0 Å². The average molecular weight is 309 g/mol. The Morgan fingerprint density at radius 3 is 3.10 bits per heavy atom. The number of piperidine rings is 1. The van der Waals surface area contributed by atoms with Crippen LogP contribution < -0.4 is 10.2 Å². The fourth-order valence-electron chi connectivity index (χ4n) is 3.60. The number of fused-ring (bicyclic) bond motifs is 1. The highest BCUT2D eigenvalue weighted by Gasteiger charge is 2.27. The molecule has 0 bridgehead atoms. The number of nitrogens with one attached hydrogen (secondary N) is 1. The first kappa shape index (κ1) is 15.3. The quantitative estimate of drug-likeness (QED) is 0.907. The van der Waals surface area contributed by atoms with Gasteiger partial charge in [-0.3, -0.25) is 0 Å². The highest BCUT2D eigenvalue weighted by molar-refractivity contribution is 7.15. The summed E-state index contributed by atoms with van der Waals surface area (Å²) in [6, 6.07) is 0.475. The van der Waals surface area contributed by atoms with Gasteiger partial charge in [0.15, 0.2) is 5.13 Å². The summed E-state index contributed by atoms with van der Waals surface area (Å²) in [5.74, 6) is 0.661. The third-order valence-electron chi connectivity index (χ3n) is 4.59. The summed E-state index contributed by atoms with van der Waals surface area (Å²) >= 11 is 1.93. The molecule has 2 unspecified atom stereocenters. The van der Waals surface area contributed by atoms with Gasteiger partial charge in [-0.2, -0.15) is 0 Å². The second kappa shape index (κ2) is 7.07. The van der Waals surface area contributed by atoms with Crippen LogP contribution in [0.5, 0.6) is 0 Å². The van der Waals surface area contributed by atoms with Crippen molar-refractivity contribution in [2.75, 3.05) is 38.3 Å². The normalized spacial score (nSPS) is 25.9. The van der Waals surface area contributed by atoms with Crippen molar-refractivity contribution in [1.29, 1.82) is 0 Å². The Kier molecular flexibility index (Phi) is 5.14. The summed E-state index contributed by atoms with van der Waals surface area (Å²) in [5.41, 5.74) is 1.33.